The maximum Gasteiger partial charge on any atom is 0.280 e. The Kier molecular flexibility index (Phi) is 6.43. The second-order valence-electron chi connectivity index (χ2n) is 4.01. The summed E-state index contributed by atoms with van der Waals surface area (Å²) in [5.41, 5.74) is 2.44. The third kappa shape index (κ3) is 5.42. The molecule has 0 radical (unpaired) electrons. The maximum absolute atomic E-state index is 11.7. The first-order valence-electron chi connectivity index (χ1n) is 6.29. The van der Waals surface area contributed by atoms with Crippen LogP contribution in [0.4, 0.5) is 0 Å². The summed E-state index contributed by atoms with van der Waals surface area (Å²) in [6, 6.07) is 7.06. The van der Waals surface area contributed by atoms with Crippen LogP contribution in [0.3, 0.4) is 0 Å². The Labute approximate surface area is 113 Å². The van der Waals surface area contributed by atoms with Crippen LogP contribution in [0, 0.1) is 0 Å². The molecule has 0 aliphatic rings. The van der Waals surface area contributed by atoms with Crippen molar-refractivity contribution in [1.29, 1.82) is 0 Å². The van der Waals surface area contributed by atoms with Crippen LogP contribution < -0.4 is 14.9 Å². The second-order valence-corrected chi connectivity index (χ2v) is 4.01. The molecule has 1 rings (SSSR count). The van der Waals surface area contributed by atoms with Gasteiger partial charge in [0.25, 0.3) is 5.91 Å². The lowest BCUT2D eigenvalue weighted by Crippen LogP contribution is -2.33. The molecule has 0 aliphatic heterocycles. The van der Waals surface area contributed by atoms with Crippen molar-refractivity contribution in [3.05, 3.63) is 24.3 Å². The van der Waals surface area contributed by atoms with Gasteiger partial charge in [0.2, 0.25) is 0 Å². The minimum absolute atomic E-state index is 0.275. The minimum Gasteiger partial charge on any atom is -0.497 e. The van der Waals surface area contributed by atoms with Gasteiger partial charge in [-0.15, -0.1) is 0 Å². The fourth-order valence-corrected chi connectivity index (χ4v) is 1.31. The quantitative estimate of drug-likeness (QED) is 0.607. The zero-order chi connectivity index (χ0) is 14.1. The molecule has 0 heterocycles. The van der Waals surface area contributed by atoms with Crippen molar-refractivity contribution in [3.63, 3.8) is 0 Å². The van der Waals surface area contributed by atoms with Crippen molar-refractivity contribution in [2.75, 3.05) is 7.11 Å². The minimum atomic E-state index is -0.604. The summed E-state index contributed by atoms with van der Waals surface area (Å²) in [6.45, 7) is 3.72. The summed E-state index contributed by atoms with van der Waals surface area (Å²) in [7, 11) is 1.60. The van der Waals surface area contributed by atoms with Gasteiger partial charge in [-0.2, -0.15) is 5.10 Å². The predicted octanol–water partition coefficient (Wildman–Crippen LogP) is 2.36. The number of methoxy groups -OCH3 is 1. The van der Waals surface area contributed by atoms with E-state index >= 15 is 0 Å². The van der Waals surface area contributed by atoms with Gasteiger partial charge in [-0.1, -0.05) is 13.3 Å². The standard InChI is InChI=1S/C14H20N2O3/c1-4-5-10-15-16-14(17)11(2)19-13-8-6-12(18-3)7-9-13/h6-11H,4-5H2,1-3H3,(H,16,17)/b15-10+. The zero-order valence-corrected chi connectivity index (χ0v) is 11.6. The molecule has 0 fully saturated rings. The van der Waals surface area contributed by atoms with Gasteiger partial charge in [-0.3, -0.25) is 4.79 Å². The average Bonchev–Trinajstić information content (AvgIpc) is 2.44. The summed E-state index contributed by atoms with van der Waals surface area (Å²) in [5, 5.41) is 3.83. The molecule has 19 heavy (non-hydrogen) atoms. The number of carbonyl (C=O) groups excluding carboxylic acids is 1. The second kappa shape index (κ2) is 8.13. The number of unbranched alkanes of at least 4 members (excludes halogenated alkanes) is 1. The summed E-state index contributed by atoms with van der Waals surface area (Å²) >= 11 is 0. The first-order chi connectivity index (χ1) is 9.17. The smallest absolute Gasteiger partial charge is 0.280 e. The van der Waals surface area contributed by atoms with Crippen LogP contribution in [0.2, 0.25) is 0 Å². The van der Waals surface area contributed by atoms with Gasteiger partial charge in [-0.05, 0) is 37.6 Å². The molecule has 0 saturated carbocycles. The van der Waals surface area contributed by atoms with Crippen molar-refractivity contribution < 1.29 is 14.3 Å². The number of ether oxygens (including phenoxy) is 2. The highest BCUT2D eigenvalue weighted by atomic mass is 16.5. The topological polar surface area (TPSA) is 59.9 Å². The van der Waals surface area contributed by atoms with Crippen molar-refractivity contribution in [3.8, 4) is 11.5 Å². The Hall–Kier alpha value is -2.04. The Balaban J connectivity index is 2.44. The highest BCUT2D eigenvalue weighted by molar-refractivity contribution is 5.81. The van der Waals surface area contributed by atoms with Crippen molar-refractivity contribution in [2.45, 2.75) is 32.8 Å². The average molecular weight is 264 g/mol. The molecule has 0 aromatic heterocycles. The monoisotopic (exact) mass is 264 g/mol. The van der Waals surface area contributed by atoms with E-state index in [4.69, 9.17) is 9.47 Å². The largest absolute Gasteiger partial charge is 0.497 e. The van der Waals surface area contributed by atoms with Crippen LogP contribution >= 0.6 is 0 Å². The van der Waals surface area contributed by atoms with Crippen LogP contribution in [0.25, 0.3) is 0 Å². The van der Waals surface area contributed by atoms with E-state index in [9.17, 15) is 4.79 Å². The van der Waals surface area contributed by atoms with Crippen molar-refractivity contribution >= 4 is 12.1 Å². The van der Waals surface area contributed by atoms with Crippen LogP contribution in [0.5, 0.6) is 11.5 Å². The number of hydrogen-bond donors (Lipinski definition) is 1. The molecule has 1 aromatic carbocycles. The van der Waals surface area contributed by atoms with Crippen LogP contribution in [-0.2, 0) is 4.79 Å². The van der Waals surface area contributed by atoms with Crippen LogP contribution in [0.1, 0.15) is 26.7 Å². The lowest BCUT2D eigenvalue weighted by atomic mass is 10.3. The number of hydrogen-bond acceptors (Lipinski definition) is 4. The van der Waals surface area contributed by atoms with Crippen LogP contribution in [-0.4, -0.2) is 25.3 Å². The first kappa shape index (κ1) is 15.0. The number of benzene rings is 1. The van der Waals surface area contributed by atoms with Crippen molar-refractivity contribution in [2.24, 2.45) is 5.10 Å². The van der Waals surface area contributed by atoms with Gasteiger partial charge in [0.05, 0.1) is 7.11 Å². The Morgan fingerprint density at radius 1 is 1.37 bits per heavy atom. The molecular weight excluding hydrogens is 244 g/mol. The molecule has 1 unspecified atom stereocenters. The lowest BCUT2D eigenvalue weighted by molar-refractivity contribution is -0.127. The molecule has 1 N–H and O–H groups in total. The van der Waals surface area contributed by atoms with Gasteiger partial charge < -0.3 is 9.47 Å². The maximum atomic E-state index is 11.7. The Morgan fingerprint density at radius 3 is 2.58 bits per heavy atom. The summed E-state index contributed by atoms with van der Waals surface area (Å²) in [6.07, 6.45) is 2.91. The number of carbonyl (C=O) groups is 1. The lowest BCUT2D eigenvalue weighted by Gasteiger charge is -2.13. The third-order valence-corrected chi connectivity index (χ3v) is 2.43. The van der Waals surface area contributed by atoms with Gasteiger partial charge in [-0.25, -0.2) is 5.43 Å². The molecule has 104 valence electrons. The van der Waals surface area contributed by atoms with E-state index in [0.717, 1.165) is 18.6 Å². The third-order valence-electron chi connectivity index (χ3n) is 2.43. The normalized spacial score (nSPS) is 12.2. The number of nitrogens with one attached hydrogen (secondary N) is 1. The molecule has 0 bridgehead atoms. The number of nitrogens with zero attached hydrogens (tertiary/aromatic N) is 1. The van der Waals surface area contributed by atoms with Gasteiger partial charge >= 0.3 is 0 Å². The molecule has 5 heteroatoms. The van der Waals surface area contributed by atoms with E-state index in [1.54, 1.807) is 44.5 Å². The summed E-state index contributed by atoms with van der Waals surface area (Å²) in [5.74, 6) is 1.08. The fourth-order valence-electron chi connectivity index (χ4n) is 1.31. The molecule has 1 amide bonds. The fraction of sp³-hybridized carbons (Fsp3) is 0.429. The highest BCUT2D eigenvalue weighted by Gasteiger charge is 2.13. The van der Waals surface area contributed by atoms with E-state index in [2.05, 4.69) is 10.5 Å². The number of rotatable bonds is 7. The van der Waals surface area contributed by atoms with Gasteiger partial charge in [0.15, 0.2) is 6.10 Å². The van der Waals surface area contributed by atoms with Gasteiger partial charge in [0, 0.05) is 6.21 Å². The van der Waals surface area contributed by atoms with Gasteiger partial charge in [0.1, 0.15) is 11.5 Å². The van der Waals surface area contributed by atoms with E-state index in [1.165, 1.54) is 0 Å². The van der Waals surface area contributed by atoms with Crippen LogP contribution in [0.15, 0.2) is 29.4 Å². The molecule has 0 aliphatic carbocycles. The Morgan fingerprint density at radius 2 is 2.00 bits per heavy atom. The SMILES string of the molecule is CCC/C=N/NC(=O)C(C)Oc1ccc(OC)cc1. The summed E-state index contributed by atoms with van der Waals surface area (Å²) < 4.78 is 10.5. The molecule has 0 spiro atoms. The van der Waals surface area contributed by atoms with E-state index < -0.39 is 6.10 Å². The number of amides is 1. The van der Waals surface area contributed by atoms with Crippen molar-refractivity contribution in [1.82, 2.24) is 5.43 Å². The molecule has 0 saturated heterocycles. The number of hydrazone groups is 1. The highest BCUT2D eigenvalue weighted by Crippen LogP contribution is 2.18. The van der Waals surface area contributed by atoms with E-state index in [0.29, 0.717) is 5.75 Å². The molecular formula is C14H20N2O3. The molecule has 1 aromatic rings. The zero-order valence-electron chi connectivity index (χ0n) is 11.6. The predicted molar refractivity (Wildman–Crippen MR) is 74.6 cm³/mol. The first-order valence-corrected chi connectivity index (χ1v) is 6.29. The summed E-state index contributed by atoms with van der Waals surface area (Å²) in [4.78, 5) is 11.7. The van der Waals surface area contributed by atoms with E-state index in [1.807, 2.05) is 6.92 Å². The molecule has 1 atom stereocenters. The molecule has 5 nitrogen and oxygen atoms in total. The van der Waals surface area contributed by atoms with E-state index in [-0.39, 0.29) is 5.91 Å². The Bertz CT molecular complexity index is 415.